The summed E-state index contributed by atoms with van der Waals surface area (Å²) in [6.45, 7) is 1.42. The van der Waals surface area contributed by atoms with Crippen molar-refractivity contribution >= 4 is 23.2 Å². The van der Waals surface area contributed by atoms with Crippen LogP contribution in [0.3, 0.4) is 0 Å². The minimum atomic E-state index is -0.0391. The number of nitrogen functional groups attached to an aromatic ring is 1. The molecule has 3 rings (SSSR count). The molecule has 0 atom stereocenters. The Hall–Kier alpha value is -2.00. The third-order valence-electron chi connectivity index (χ3n) is 3.95. The van der Waals surface area contributed by atoms with Crippen LogP contribution in [-0.2, 0) is 12.8 Å². The number of carbonyl (C=O) groups is 1. The lowest BCUT2D eigenvalue weighted by Crippen LogP contribution is -2.33. The Morgan fingerprint density at radius 1 is 1.05 bits per heavy atom. The molecule has 4 heteroatoms. The molecule has 0 saturated carbocycles. The van der Waals surface area contributed by atoms with Crippen molar-refractivity contribution < 1.29 is 4.79 Å². The number of nitrogens with two attached hydrogens (primary N) is 1. The summed E-state index contributed by atoms with van der Waals surface area (Å²) in [6, 6.07) is 13.4. The molecule has 1 amide bonds. The van der Waals surface area contributed by atoms with Crippen LogP contribution in [0.4, 0.5) is 5.69 Å². The number of hydrogen-bond donors (Lipinski definition) is 1. The summed E-state index contributed by atoms with van der Waals surface area (Å²) in [5.74, 6) is -0.0391. The van der Waals surface area contributed by atoms with E-state index in [1.807, 2.05) is 17.0 Å². The van der Waals surface area contributed by atoms with Gasteiger partial charge in [0.2, 0.25) is 0 Å². The number of fused-ring (bicyclic) bond motifs is 1. The van der Waals surface area contributed by atoms with Crippen LogP contribution in [-0.4, -0.2) is 23.9 Å². The van der Waals surface area contributed by atoms with Crippen LogP contribution in [0.2, 0.25) is 5.02 Å². The fraction of sp³-hybridized carbons (Fsp3) is 0.235. The average Bonchev–Trinajstić information content (AvgIpc) is 2.71. The highest BCUT2D eigenvalue weighted by molar-refractivity contribution is 6.31. The average molecular weight is 301 g/mol. The number of hydrogen-bond acceptors (Lipinski definition) is 2. The Labute approximate surface area is 129 Å². The Balaban J connectivity index is 1.82. The number of benzene rings is 2. The highest BCUT2D eigenvalue weighted by Crippen LogP contribution is 2.22. The molecule has 1 aliphatic rings. The topological polar surface area (TPSA) is 46.3 Å². The SMILES string of the molecule is Nc1ccc(Cl)cc1C(=O)N1CCc2ccccc2CC1. The fourth-order valence-electron chi connectivity index (χ4n) is 2.76. The highest BCUT2D eigenvalue weighted by Gasteiger charge is 2.21. The summed E-state index contributed by atoms with van der Waals surface area (Å²) in [7, 11) is 0. The molecule has 0 fully saturated rings. The zero-order valence-corrected chi connectivity index (χ0v) is 12.4. The summed E-state index contributed by atoms with van der Waals surface area (Å²) < 4.78 is 0. The second-order valence-electron chi connectivity index (χ2n) is 5.29. The molecule has 0 unspecified atom stereocenters. The van der Waals surface area contributed by atoms with E-state index in [2.05, 4.69) is 12.1 Å². The first-order valence-electron chi connectivity index (χ1n) is 7.06. The van der Waals surface area contributed by atoms with E-state index < -0.39 is 0 Å². The maximum absolute atomic E-state index is 12.7. The highest BCUT2D eigenvalue weighted by atomic mass is 35.5. The molecule has 0 aromatic heterocycles. The van der Waals surface area contributed by atoms with Gasteiger partial charge < -0.3 is 10.6 Å². The van der Waals surface area contributed by atoms with Crippen molar-refractivity contribution in [1.82, 2.24) is 4.90 Å². The molecule has 0 bridgehead atoms. The molecule has 2 aromatic rings. The molecule has 0 saturated heterocycles. The first-order valence-corrected chi connectivity index (χ1v) is 7.44. The van der Waals surface area contributed by atoms with Crippen LogP contribution in [0.5, 0.6) is 0 Å². The lowest BCUT2D eigenvalue weighted by atomic mass is 10.0. The van der Waals surface area contributed by atoms with E-state index in [-0.39, 0.29) is 5.91 Å². The number of nitrogens with zero attached hydrogens (tertiary/aromatic N) is 1. The first-order chi connectivity index (χ1) is 10.1. The number of amides is 1. The minimum absolute atomic E-state index is 0.0391. The lowest BCUT2D eigenvalue weighted by molar-refractivity contribution is 0.0764. The Bertz CT molecular complexity index is 657. The largest absolute Gasteiger partial charge is 0.398 e. The molecular weight excluding hydrogens is 284 g/mol. The van der Waals surface area contributed by atoms with E-state index in [4.69, 9.17) is 17.3 Å². The van der Waals surface area contributed by atoms with Gasteiger partial charge in [0.1, 0.15) is 0 Å². The summed E-state index contributed by atoms with van der Waals surface area (Å²) >= 11 is 5.98. The van der Waals surface area contributed by atoms with Crippen molar-refractivity contribution in [3.63, 3.8) is 0 Å². The van der Waals surface area contributed by atoms with Gasteiger partial charge in [-0.25, -0.2) is 0 Å². The molecule has 21 heavy (non-hydrogen) atoms. The van der Waals surface area contributed by atoms with Crippen molar-refractivity contribution in [1.29, 1.82) is 0 Å². The van der Waals surface area contributed by atoms with Gasteiger partial charge in [-0.3, -0.25) is 4.79 Å². The summed E-state index contributed by atoms with van der Waals surface area (Å²) in [5, 5.41) is 0.533. The van der Waals surface area contributed by atoms with Crippen molar-refractivity contribution in [3.05, 3.63) is 64.2 Å². The Morgan fingerprint density at radius 2 is 1.67 bits per heavy atom. The monoisotopic (exact) mass is 300 g/mol. The molecule has 3 nitrogen and oxygen atoms in total. The molecule has 2 N–H and O–H groups in total. The van der Waals surface area contributed by atoms with Crippen LogP contribution < -0.4 is 5.73 Å². The lowest BCUT2D eigenvalue weighted by Gasteiger charge is -2.21. The van der Waals surface area contributed by atoms with Crippen LogP contribution in [0.15, 0.2) is 42.5 Å². The number of halogens is 1. The van der Waals surface area contributed by atoms with Gasteiger partial charge in [-0.2, -0.15) is 0 Å². The number of carbonyl (C=O) groups excluding carboxylic acids is 1. The van der Waals surface area contributed by atoms with Gasteiger partial charge in [0, 0.05) is 23.8 Å². The van der Waals surface area contributed by atoms with E-state index in [1.54, 1.807) is 18.2 Å². The van der Waals surface area contributed by atoms with Gasteiger partial charge in [0.25, 0.3) is 5.91 Å². The molecular formula is C17H17ClN2O. The molecule has 1 aliphatic heterocycles. The first kappa shape index (κ1) is 14.0. The van der Waals surface area contributed by atoms with Crippen molar-refractivity contribution in [2.75, 3.05) is 18.8 Å². The maximum Gasteiger partial charge on any atom is 0.256 e. The molecule has 1 heterocycles. The predicted octanol–water partition coefficient (Wildman–Crippen LogP) is 3.16. The van der Waals surface area contributed by atoms with Gasteiger partial charge in [0.05, 0.1) is 5.56 Å². The van der Waals surface area contributed by atoms with Crippen molar-refractivity contribution in [2.45, 2.75) is 12.8 Å². The van der Waals surface area contributed by atoms with E-state index in [9.17, 15) is 4.79 Å². The van der Waals surface area contributed by atoms with E-state index in [0.29, 0.717) is 29.4 Å². The third kappa shape index (κ3) is 2.88. The number of anilines is 1. The van der Waals surface area contributed by atoms with Crippen LogP contribution in [0.1, 0.15) is 21.5 Å². The van der Waals surface area contributed by atoms with E-state index in [1.165, 1.54) is 11.1 Å². The Kier molecular flexibility index (Phi) is 3.84. The van der Waals surface area contributed by atoms with Crippen LogP contribution in [0.25, 0.3) is 0 Å². The maximum atomic E-state index is 12.7. The number of rotatable bonds is 1. The van der Waals surface area contributed by atoms with Gasteiger partial charge in [0.15, 0.2) is 0 Å². The summed E-state index contributed by atoms with van der Waals surface area (Å²) in [6.07, 6.45) is 1.75. The zero-order chi connectivity index (χ0) is 14.8. The molecule has 0 spiro atoms. The second kappa shape index (κ2) is 5.78. The van der Waals surface area contributed by atoms with Gasteiger partial charge >= 0.3 is 0 Å². The predicted molar refractivity (Wildman–Crippen MR) is 85.6 cm³/mol. The summed E-state index contributed by atoms with van der Waals surface area (Å²) in [4.78, 5) is 14.5. The van der Waals surface area contributed by atoms with E-state index in [0.717, 1.165) is 12.8 Å². The van der Waals surface area contributed by atoms with Gasteiger partial charge in [-0.05, 0) is 42.2 Å². The zero-order valence-electron chi connectivity index (χ0n) is 11.7. The third-order valence-corrected chi connectivity index (χ3v) is 4.19. The summed E-state index contributed by atoms with van der Waals surface area (Å²) in [5.41, 5.74) is 9.54. The smallest absolute Gasteiger partial charge is 0.256 e. The Morgan fingerprint density at radius 3 is 2.29 bits per heavy atom. The van der Waals surface area contributed by atoms with E-state index >= 15 is 0 Å². The molecule has 2 aromatic carbocycles. The van der Waals surface area contributed by atoms with Crippen LogP contribution in [0, 0.1) is 0 Å². The van der Waals surface area contributed by atoms with Gasteiger partial charge in [-0.15, -0.1) is 0 Å². The normalized spacial score (nSPS) is 14.4. The van der Waals surface area contributed by atoms with Crippen molar-refractivity contribution in [2.24, 2.45) is 0 Å². The van der Waals surface area contributed by atoms with Gasteiger partial charge in [-0.1, -0.05) is 35.9 Å². The van der Waals surface area contributed by atoms with Crippen LogP contribution >= 0.6 is 11.6 Å². The molecule has 0 aliphatic carbocycles. The fourth-order valence-corrected chi connectivity index (χ4v) is 2.93. The standard InChI is InChI=1S/C17H17ClN2O/c18-14-5-6-16(19)15(11-14)17(21)20-9-7-12-3-1-2-4-13(12)8-10-20/h1-6,11H,7-10,19H2. The second-order valence-corrected chi connectivity index (χ2v) is 5.73. The minimum Gasteiger partial charge on any atom is -0.398 e. The van der Waals surface area contributed by atoms with Crippen molar-refractivity contribution in [3.8, 4) is 0 Å². The quantitative estimate of drug-likeness (QED) is 0.822. The molecule has 108 valence electrons. The molecule has 0 radical (unpaired) electrons.